The Labute approximate surface area is 130 Å². The Kier molecular flexibility index (Phi) is 3.83. The van der Waals surface area contributed by atoms with Crippen molar-refractivity contribution >= 4 is 11.0 Å². The first kappa shape index (κ1) is 14.8. The van der Waals surface area contributed by atoms with Crippen molar-refractivity contribution in [3.8, 4) is 17.2 Å². The summed E-state index contributed by atoms with van der Waals surface area (Å²) < 4.78 is 17.1. The van der Waals surface area contributed by atoms with E-state index >= 15 is 0 Å². The molecule has 1 aromatic carbocycles. The van der Waals surface area contributed by atoms with Crippen molar-refractivity contribution in [1.82, 2.24) is 25.2 Å². The summed E-state index contributed by atoms with van der Waals surface area (Å²) >= 11 is 0. The summed E-state index contributed by atoms with van der Waals surface area (Å²) in [5.41, 5.74) is 1.19. The number of hydrogen-bond donors (Lipinski definition) is 1. The van der Waals surface area contributed by atoms with Crippen molar-refractivity contribution < 1.29 is 14.2 Å². The number of fused-ring (bicyclic) bond motifs is 1. The lowest BCUT2D eigenvalue weighted by Crippen LogP contribution is -2.24. The molecule has 0 saturated heterocycles. The number of H-pyrrole nitrogens is 1. The van der Waals surface area contributed by atoms with Crippen LogP contribution in [0.5, 0.6) is 17.2 Å². The van der Waals surface area contributed by atoms with Crippen LogP contribution in [0.25, 0.3) is 11.0 Å². The number of rotatable bonds is 5. The largest absolute Gasteiger partial charge is 0.493 e. The van der Waals surface area contributed by atoms with Gasteiger partial charge in [0, 0.05) is 0 Å². The predicted octanol–water partition coefficient (Wildman–Crippen LogP) is 0.589. The van der Waals surface area contributed by atoms with E-state index in [2.05, 4.69) is 20.5 Å². The molecule has 0 aliphatic rings. The zero-order chi connectivity index (χ0) is 16.4. The highest BCUT2D eigenvalue weighted by atomic mass is 16.5. The third-order valence-corrected chi connectivity index (χ3v) is 3.38. The lowest BCUT2D eigenvalue weighted by atomic mass is 10.2. The van der Waals surface area contributed by atoms with E-state index in [0.29, 0.717) is 28.3 Å². The maximum Gasteiger partial charge on any atom is 0.295 e. The van der Waals surface area contributed by atoms with Gasteiger partial charge in [-0.1, -0.05) is 5.21 Å². The molecule has 0 spiro atoms. The molecule has 0 atom stereocenters. The normalized spacial score (nSPS) is 10.7. The van der Waals surface area contributed by atoms with Gasteiger partial charge in [0.1, 0.15) is 5.52 Å². The van der Waals surface area contributed by atoms with Gasteiger partial charge in [0.05, 0.1) is 34.1 Å². The highest BCUT2D eigenvalue weighted by Crippen LogP contribution is 2.38. The Balaban J connectivity index is 2.04. The first-order valence-electron chi connectivity index (χ1n) is 6.73. The van der Waals surface area contributed by atoms with Crippen LogP contribution in [0.15, 0.2) is 23.1 Å². The predicted molar refractivity (Wildman–Crippen MR) is 81.1 cm³/mol. The SMILES string of the molecule is COc1cc(Cn2nnc3cn[nH]c3c2=O)cc(OC)c1OC. The first-order chi connectivity index (χ1) is 11.2. The minimum Gasteiger partial charge on any atom is -0.493 e. The molecule has 3 rings (SSSR count). The number of methoxy groups -OCH3 is 3. The Morgan fingerprint density at radius 2 is 1.83 bits per heavy atom. The van der Waals surface area contributed by atoms with Gasteiger partial charge >= 0.3 is 0 Å². The number of hydrogen-bond acceptors (Lipinski definition) is 7. The van der Waals surface area contributed by atoms with Crippen molar-refractivity contribution in [2.24, 2.45) is 0 Å². The third-order valence-electron chi connectivity index (χ3n) is 3.38. The van der Waals surface area contributed by atoms with Crippen LogP contribution in [0.4, 0.5) is 0 Å². The maximum absolute atomic E-state index is 12.3. The average molecular weight is 317 g/mol. The van der Waals surface area contributed by atoms with Crippen molar-refractivity contribution in [3.63, 3.8) is 0 Å². The summed E-state index contributed by atoms with van der Waals surface area (Å²) in [6.45, 7) is 0.206. The molecule has 0 radical (unpaired) electrons. The molecule has 0 saturated carbocycles. The van der Waals surface area contributed by atoms with Crippen molar-refractivity contribution in [2.45, 2.75) is 6.54 Å². The van der Waals surface area contributed by atoms with E-state index in [9.17, 15) is 4.79 Å². The molecular weight excluding hydrogens is 302 g/mol. The number of ether oxygens (including phenoxy) is 3. The number of aromatic amines is 1. The summed E-state index contributed by atoms with van der Waals surface area (Å²) in [6, 6.07) is 3.51. The molecule has 0 fully saturated rings. The van der Waals surface area contributed by atoms with Crippen LogP contribution in [0.3, 0.4) is 0 Å². The molecule has 2 heterocycles. The fourth-order valence-electron chi connectivity index (χ4n) is 2.29. The molecule has 0 aliphatic heterocycles. The van der Waals surface area contributed by atoms with Crippen molar-refractivity contribution in [2.75, 3.05) is 21.3 Å². The second-order valence-corrected chi connectivity index (χ2v) is 4.72. The highest BCUT2D eigenvalue weighted by molar-refractivity contribution is 5.70. The monoisotopic (exact) mass is 317 g/mol. The van der Waals surface area contributed by atoms with Crippen molar-refractivity contribution in [1.29, 1.82) is 0 Å². The smallest absolute Gasteiger partial charge is 0.295 e. The van der Waals surface area contributed by atoms with Gasteiger partial charge in [-0.25, -0.2) is 4.68 Å². The molecule has 9 nitrogen and oxygen atoms in total. The minimum atomic E-state index is -0.304. The zero-order valence-electron chi connectivity index (χ0n) is 12.9. The lowest BCUT2D eigenvalue weighted by molar-refractivity contribution is 0.323. The molecule has 3 aromatic rings. The van der Waals surface area contributed by atoms with E-state index in [1.54, 1.807) is 12.1 Å². The van der Waals surface area contributed by atoms with E-state index in [0.717, 1.165) is 5.56 Å². The lowest BCUT2D eigenvalue weighted by Gasteiger charge is -2.14. The fourth-order valence-corrected chi connectivity index (χ4v) is 2.29. The third kappa shape index (κ3) is 2.56. The van der Waals surface area contributed by atoms with Crippen LogP contribution in [0.1, 0.15) is 5.56 Å². The molecular formula is C14H15N5O4. The van der Waals surface area contributed by atoms with Gasteiger partial charge in [-0.3, -0.25) is 9.89 Å². The Hall–Kier alpha value is -3.10. The van der Waals surface area contributed by atoms with Crippen LogP contribution in [-0.2, 0) is 6.54 Å². The number of benzene rings is 1. The van der Waals surface area contributed by atoms with Gasteiger partial charge in [0.15, 0.2) is 17.0 Å². The average Bonchev–Trinajstić information content (AvgIpc) is 3.05. The number of nitrogens with zero attached hydrogens (tertiary/aromatic N) is 4. The fraction of sp³-hybridized carbons (Fsp3) is 0.286. The number of aromatic nitrogens is 5. The van der Waals surface area contributed by atoms with E-state index in [1.807, 2.05) is 0 Å². The zero-order valence-corrected chi connectivity index (χ0v) is 12.9. The van der Waals surface area contributed by atoms with E-state index in [-0.39, 0.29) is 12.1 Å². The van der Waals surface area contributed by atoms with Crippen LogP contribution >= 0.6 is 0 Å². The molecule has 0 amide bonds. The second kappa shape index (κ2) is 5.95. The van der Waals surface area contributed by atoms with Gasteiger partial charge in [0.25, 0.3) is 5.56 Å². The van der Waals surface area contributed by atoms with Crippen LogP contribution in [0.2, 0.25) is 0 Å². The minimum absolute atomic E-state index is 0.206. The standard InChI is InChI=1S/C14H15N5O4/c1-21-10-4-8(5-11(22-2)13(10)23-3)7-19-14(20)12-9(16-18-19)6-15-17-12/h4-6H,7H2,1-3H3,(H,15,17). The first-order valence-corrected chi connectivity index (χ1v) is 6.73. The summed E-state index contributed by atoms with van der Waals surface area (Å²) in [5.74, 6) is 1.50. The van der Waals surface area contributed by atoms with Crippen LogP contribution < -0.4 is 19.8 Å². The summed E-state index contributed by atoms with van der Waals surface area (Å²) in [6.07, 6.45) is 1.45. The molecule has 120 valence electrons. The van der Waals surface area contributed by atoms with E-state index < -0.39 is 0 Å². The quantitative estimate of drug-likeness (QED) is 0.734. The van der Waals surface area contributed by atoms with Crippen molar-refractivity contribution in [3.05, 3.63) is 34.2 Å². The summed E-state index contributed by atoms with van der Waals surface area (Å²) in [7, 11) is 4.59. The van der Waals surface area contributed by atoms with Gasteiger partial charge in [-0.2, -0.15) is 5.10 Å². The molecule has 1 N–H and O–H groups in total. The number of nitrogens with one attached hydrogen (secondary N) is 1. The molecule has 23 heavy (non-hydrogen) atoms. The Bertz CT molecular complexity index is 877. The summed E-state index contributed by atoms with van der Waals surface area (Å²) in [4.78, 5) is 12.3. The molecule has 9 heteroatoms. The molecule has 0 unspecified atom stereocenters. The second-order valence-electron chi connectivity index (χ2n) is 4.72. The van der Waals surface area contributed by atoms with Crippen LogP contribution in [-0.4, -0.2) is 46.5 Å². The topological polar surface area (TPSA) is 104 Å². The highest BCUT2D eigenvalue weighted by Gasteiger charge is 2.15. The molecule has 2 aromatic heterocycles. The van der Waals surface area contributed by atoms with Gasteiger partial charge < -0.3 is 14.2 Å². The van der Waals surface area contributed by atoms with Gasteiger partial charge in [-0.05, 0) is 17.7 Å². The van der Waals surface area contributed by atoms with E-state index in [1.165, 1.54) is 32.2 Å². The Morgan fingerprint density at radius 3 is 2.43 bits per heavy atom. The Morgan fingerprint density at radius 1 is 1.13 bits per heavy atom. The van der Waals surface area contributed by atoms with E-state index in [4.69, 9.17) is 14.2 Å². The van der Waals surface area contributed by atoms with Gasteiger partial charge in [0.2, 0.25) is 5.75 Å². The molecule has 0 aliphatic carbocycles. The van der Waals surface area contributed by atoms with Gasteiger partial charge in [-0.15, -0.1) is 5.10 Å². The summed E-state index contributed by atoms with van der Waals surface area (Å²) in [5, 5.41) is 14.3. The maximum atomic E-state index is 12.3. The van der Waals surface area contributed by atoms with Crippen LogP contribution in [0, 0.1) is 0 Å². The molecule has 0 bridgehead atoms.